The summed E-state index contributed by atoms with van der Waals surface area (Å²) in [5, 5.41) is 63.4. The van der Waals surface area contributed by atoms with Crippen molar-refractivity contribution in [2.24, 2.45) is 17.8 Å². The SMILES string of the molecule is CC/C(Cl)=C(\C=C/CCCC1NC(O)CCC[C@@H]([C@H](C)[C@@H](O)[C@@H](Cl)c2ccc(COC(=O)CNC(O)OC(C)(C)C)cc2)OC(O)[C@H](CC(C)C)OC(O)[C@H](C)CNC1=O)OC. The van der Waals surface area contributed by atoms with Crippen LogP contribution in [-0.2, 0) is 39.9 Å². The molecular formula is C45H75Cl2N3O12. The van der Waals surface area contributed by atoms with E-state index in [4.69, 9.17) is 46.9 Å². The Kier molecular flexibility index (Phi) is 25.6. The Morgan fingerprint density at radius 2 is 1.74 bits per heavy atom. The number of halogens is 2. The zero-order chi connectivity index (χ0) is 46.6. The highest BCUT2D eigenvalue weighted by Crippen LogP contribution is 2.33. The molecule has 5 unspecified atom stereocenters. The van der Waals surface area contributed by atoms with Gasteiger partial charge in [-0.2, -0.15) is 0 Å². The monoisotopic (exact) mass is 919 g/mol. The molecule has 1 aliphatic heterocycles. The molecule has 11 atom stereocenters. The summed E-state index contributed by atoms with van der Waals surface area (Å²) in [5.41, 5.74) is 0.659. The van der Waals surface area contributed by atoms with E-state index in [-0.39, 0.29) is 37.9 Å². The minimum absolute atomic E-state index is 0.0322. The minimum atomic E-state index is -1.49. The van der Waals surface area contributed by atoms with Crippen LogP contribution in [0, 0.1) is 17.8 Å². The molecule has 0 radical (unpaired) electrons. The fraction of sp³-hybridized carbons (Fsp3) is 0.733. The Labute approximate surface area is 378 Å². The summed E-state index contributed by atoms with van der Waals surface area (Å²) in [5.74, 6) is -1.50. The van der Waals surface area contributed by atoms with E-state index in [2.05, 4.69) is 16.0 Å². The van der Waals surface area contributed by atoms with E-state index in [1.807, 2.05) is 26.8 Å². The highest BCUT2D eigenvalue weighted by Gasteiger charge is 2.36. The number of hydrogen-bond donors (Lipinski definition) is 8. The number of carbonyl (C=O) groups is 2. The van der Waals surface area contributed by atoms with Crippen LogP contribution in [0.4, 0.5) is 0 Å². The Bertz CT molecular complexity index is 1510. The van der Waals surface area contributed by atoms with E-state index in [0.717, 1.165) is 0 Å². The molecular weight excluding hydrogens is 845 g/mol. The number of benzene rings is 1. The number of alkyl halides is 1. The topological polar surface area (TPSA) is 218 Å². The number of esters is 1. The molecule has 356 valence electrons. The summed E-state index contributed by atoms with van der Waals surface area (Å²) in [7, 11) is 1.56. The van der Waals surface area contributed by atoms with E-state index in [1.165, 1.54) is 0 Å². The maximum absolute atomic E-state index is 13.5. The van der Waals surface area contributed by atoms with Crippen LogP contribution in [0.15, 0.2) is 47.2 Å². The fourth-order valence-corrected chi connectivity index (χ4v) is 7.17. The van der Waals surface area contributed by atoms with Crippen LogP contribution >= 0.6 is 23.2 Å². The van der Waals surface area contributed by atoms with Crippen molar-refractivity contribution in [3.8, 4) is 0 Å². The second-order valence-electron chi connectivity index (χ2n) is 17.4. The standard InChI is InChI=1S/C45H75Cl2N3O12/c1-10-32(46)35(58-9)16-13-11-12-15-33-41(54)48-24-28(4)42(55)61-36(23-27(2)3)43(56)60-34(17-14-18-37(51)50-33)29(5)40(53)39(47)31-21-19-30(20-22-31)26-59-38(52)25-49-44(57)62-45(6,7)8/h13,16,19-22,27-29,33-34,36-37,39-40,42-44,49-51,53,55-57H,10-12,14-15,17-18,23-26H2,1-9H3,(H,48,54)/b16-13-,35-32-/t28-,29+,33?,34+,36+,37?,39+,40-,42?,43?,44?/m1/s1. The van der Waals surface area contributed by atoms with Gasteiger partial charge in [0, 0.05) is 18.4 Å². The Morgan fingerprint density at radius 1 is 1.06 bits per heavy atom. The van der Waals surface area contributed by atoms with Crippen molar-refractivity contribution in [3.05, 3.63) is 58.3 Å². The Hall–Kier alpha value is -2.38. The Balaban J connectivity index is 2.21. The van der Waals surface area contributed by atoms with Crippen LogP contribution in [0.5, 0.6) is 0 Å². The van der Waals surface area contributed by atoms with Gasteiger partial charge in [-0.25, -0.2) is 0 Å². The van der Waals surface area contributed by atoms with E-state index in [9.17, 15) is 35.1 Å². The molecule has 1 amide bonds. The third-order valence-electron chi connectivity index (χ3n) is 10.4. The number of aliphatic hydroxyl groups excluding tert-OH is 5. The number of aliphatic hydroxyl groups is 5. The van der Waals surface area contributed by atoms with Crippen LogP contribution in [0.1, 0.15) is 123 Å². The lowest BCUT2D eigenvalue weighted by Gasteiger charge is -2.36. The normalized spacial score (nSPS) is 26.3. The molecule has 1 heterocycles. The lowest BCUT2D eigenvalue weighted by Crippen LogP contribution is -2.50. The molecule has 15 nitrogen and oxygen atoms in total. The molecule has 1 aliphatic rings. The highest BCUT2D eigenvalue weighted by molar-refractivity contribution is 6.29. The van der Waals surface area contributed by atoms with Crippen molar-refractivity contribution in [2.75, 3.05) is 20.2 Å². The summed E-state index contributed by atoms with van der Waals surface area (Å²) in [4.78, 5) is 25.7. The molecule has 0 spiro atoms. The van der Waals surface area contributed by atoms with Gasteiger partial charge in [0.1, 0.15) is 24.7 Å². The first-order valence-electron chi connectivity index (χ1n) is 21.8. The average molecular weight is 921 g/mol. The largest absolute Gasteiger partial charge is 0.496 e. The molecule has 8 N–H and O–H groups in total. The molecule has 1 aromatic carbocycles. The van der Waals surface area contributed by atoms with Gasteiger partial charge >= 0.3 is 5.97 Å². The van der Waals surface area contributed by atoms with Gasteiger partial charge < -0.3 is 54.5 Å². The van der Waals surface area contributed by atoms with E-state index in [0.29, 0.717) is 66.9 Å². The first-order valence-corrected chi connectivity index (χ1v) is 22.6. The lowest BCUT2D eigenvalue weighted by molar-refractivity contribution is -0.261. The second kappa shape index (κ2) is 28.5. The van der Waals surface area contributed by atoms with Gasteiger partial charge in [-0.15, -0.1) is 11.6 Å². The van der Waals surface area contributed by atoms with E-state index < -0.39 is 78.4 Å². The van der Waals surface area contributed by atoms with Crippen LogP contribution in [-0.4, -0.2) is 113 Å². The number of methoxy groups -OCH3 is 1. The molecule has 2 rings (SSSR count). The number of amides is 1. The van der Waals surface area contributed by atoms with Gasteiger partial charge in [0.25, 0.3) is 0 Å². The van der Waals surface area contributed by atoms with Crippen LogP contribution in [0.2, 0.25) is 0 Å². The van der Waals surface area contributed by atoms with Gasteiger partial charge in [-0.3, -0.25) is 20.2 Å². The Morgan fingerprint density at radius 3 is 2.35 bits per heavy atom. The molecule has 62 heavy (non-hydrogen) atoms. The number of rotatable bonds is 19. The van der Waals surface area contributed by atoms with Crippen molar-refractivity contribution in [3.63, 3.8) is 0 Å². The molecule has 1 fully saturated rings. The fourth-order valence-electron chi connectivity index (χ4n) is 6.66. The van der Waals surface area contributed by atoms with E-state index >= 15 is 0 Å². The number of ether oxygens (including phenoxy) is 5. The summed E-state index contributed by atoms with van der Waals surface area (Å²) >= 11 is 13.1. The molecule has 17 heteroatoms. The molecule has 0 aromatic heterocycles. The van der Waals surface area contributed by atoms with Crippen molar-refractivity contribution >= 4 is 35.1 Å². The summed E-state index contributed by atoms with van der Waals surface area (Å²) < 4.78 is 28.3. The summed E-state index contributed by atoms with van der Waals surface area (Å²) in [6, 6.07) is 6.16. The van der Waals surface area contributed by atoms with Crippen molar-refractivity contribution in [1.29, 1.82) is 0 Å². The number of unbranched alkanes of at least 4 members (excludes halogenated alkanes) is 1. The number of allylic oxidation sites excluding steroid dienone is 3. The zero-order valence-corrected chi connectivity index (χ0v) is 39.5. The maximum atomic E-state index is 13.5. The molecule has 1 aromatic rings. The predicted octanol–water partition coefficient (Wildman–Crippen LogP) is 5.59. The first kappa shape index (κ1) is 55.8. The quantitative estimate of drug-likeness (QED) is 0.0212. The van der Waals surface area contributed by atoms with Crippen molar-refractivity contribution < 1.29 is 58.8 Å². The minimum Gasteiger partial charge on any atom is -0.496 e. The maximum Gasteiger partial charge on any atom is 0.320 e. The number of nitrogens with one attached hydrogen (secondary N) is 3. The summed E-state index contributed by atoms with van der Waals surface area (Å²) in [6.45, 7) is 14.4. The lowest BCUT2D eigenvalue weighted by atomic mass is 9.89. The highest BCUT2D eigenvalue weighted by atomic mass is 35.5. The van der Waals surface area contributed by atoms with Crippen LogP contribution < -0.4 is 16.0 Å². The van der Waals surface area contributed by atoms with Crippen molar-refractivity contribution in [1.82, 2.24) is 16.0 Å². The van der Waals surface area contributed by atoms with Gasteiger partial charge in [-0.05, 0) is 95.3 Å². The zero-order valence-electron chi connectivity index (χ0n) is 38.0. The summed E-state index contributed by atoms with van der Waals surface area (Å²) in [6.07, 6.45) is -0.841. The third-order valence-corrected chi connectivity index (χ3v) is 11.3. The van der Waals surface area contributed by atoms with Gasteiger partial charge in [-0.1, -0.05) is 76.6 Å². The van der Waals surface area contributed by atoms with Gasteiger partial charge in [0.2, 0.25) is 12.3 Å². The molecule has 0 bridgehead atoms. The number of carbonyl (C=O) groups excluding carboxylic acids is 2. The van der Waals surface area contributed by atoms with Crippen LogP contribution in [0.25, 0.3) is 0 Å². The second-order valence-corrected chi connectivity index (χ2v) is 18.4. The van der Waals surface area contributed by atoms with Gasteiger partial charge in [0.15, 0.2) is 12.6 Å². The van der Waals surface area contributed by atoms with Crippen molar-refractivity contribution in [2.45, 2.75) is 174 Å². The predicted molar refractivity (Wildman–Crippen MR) is 238 cm³/mol. The van der Waals surface area contributed by atoms with Crippen LogP contribution in [0.3, 0.4) is 0 Å². The van der Waals surface area contributed by atoms with Gasteiger partial charge in [0.05, 0.1) is 47.9 Å². The average Bonchev–Trinajstić information content (AvgIpc) is 3.21. The smallest absolute Gasteiger partial charge is 0.320 e. The van der Waals surface area contributed by atoms with E-state index in [1.54, 1.807) is 72.1 Å². The molecule has 0 aliphatic carbocycles. The number of hydrogen-bond acceptors (Lipinski definition) is 14. The molecule has 0 saturated carbocycles. The third kappa shape index (κ3) is 21.1. The first-order chi connectivity index (χ1) is 29.1. The molecule has 1 saturated heterocycles.